The lowest BCUT2D eigenvalue weighted by atomic mass is 9.91. The molecule has 1 aromatic carbocycles. The van der Waals surface area contributed by atoms with Crippen LogP contribution in [0.4, 0.5) is 10.5 Å². The number of carbonyl (C=O) groups is 2. The molecule has 5 nitrogen and oxygen atoms in total. The van der Waals surface area contributed by atoms with Gasteiger partial charge in [-0.2, -0.15) is 0 Å². The van der Waals surface area contributed by atoms with Crippen molar-refractivity contribution in [3.8, 4) is 11.8 Å². The molecular weight excluding hydrogens is 376 g/mol. The minimum atomic E-state index is -0.608. The summed E-state index contributed by atoms with van der Waals surface area (Å²) in [4.78, 5) is 26.4. The van der Waals surface area contributed by atoms with Gasteiger partial charge >= 0.3 is 6.09 Å². The fourth-order valence-corrected chi connectivity index (χ4v) is 3.63. The molecule has 1 aliphatic heterocycles. The van der Waals surface area contributed by atoms with Gasteiger partial charge in [-0.3, -0.25) is 10.1 Å². The van der Waals surface area contributed by atoms with Gasteiger partial charge in [0.15, 0.2) is 6.61 Å². The SMILES string of the molecule is CC#CCOC(=O)Nc1ccc(C(=O)N2CCC(CCCCC)CC2)c(Cl)c1. The number of unbranched alkanes of at least 4 members (excludes halogenated alkanes) is 2. The Kier molecular flexibility index (Phi) is 9.16. The largest absolute Gasteiger partial charge is 0.436 e. The molecule has 0 spiro atoms. The second kappa shape index (κ2) is 11.6. The van der Waals surface area contributed by atoms with Crippen LogP contribution in [0.3, 0.4) is 0 Å². The maximum atomic E-state index is 12.8. The summed E-state index contributed by atoms with van der Waals surface area (Å²) in [6, 6.07) is 4.88. The van der Waals surface area contributed by atoms with Gasteiger partial charge in [-0.15, -0.1) is 5.92 Å². The minimum Gasteiger partial charge on any atom is -0.436 e. The topological polar surface area (TPSA) is 58.6 Å². The van der Waals surface area contributed by atoms with Gasteiger partial charge in [-0.1, -0.05) is 50.1 Å². The van der Waals surface area contributed by atoms with Gasteiger partial charge in [0.1, 0.15) is 0 Å². The zero-order valence-electron chi connectivity index (χ0n) is 16.7. The van der Waals surface area contributed by atoms with Crippen molar-refractivity contribution in [3.05, 3.63) is 28.8 Å². The Balaban J connectivity index is 1.88. The fourth-order valence-electron chi connectivity index (χ4n) is 3.37. The molecule has 0 aromatic heterocycles. The summed E-state index contributed by atoms with van der Waals surface area (Å²) in [5, 5.41) is 2.90. The van der Waals surface area contributed by atoms with E-state index < -0.39 is 6.09 Å². The number of rotatable bonds is 7. The van der Waals surface area contributed by atoms with E-state index in [4.69, 9.17) is 16.3 Å². The molecule has 0 saturated carbocycles. The Labute approximate surface area is 172 Å². The predicted molar refractivity (Wildman–Crippen MR) is 113 cm³/mol. The van der Waals surface area contributed by atoms with Crippen LogP contribution in [0.1, 0.15) is 62.7 Å². The quantitative estimate of drug-likeness (QED) is 0.492. The number of amides is 2. The van der Waals surface area contributed by atoms with E-state index in [0.29, 0.717) is 16.3 Å². The van der Waals surface area contributed by atoms with Crippen LogP contribution >= 0.6 is 11.6 Å². The van der Waals surface area contributed by atoms with Crippen molar-refractivity contribution >= 4 is 29.3 Å². The second-order valence-corrected chi connectivity index (χ2v) is 7.46. The Bertz CT molecular complexity index is 731. The standard InChI is InChI=1S/C22H29ClN2O3/c1-3-5-7-8-17-11-13-25(14-12-17)21(26)19-10-9-18(16-20(19)23)24-22(27)28-15-6-4-2/h9-10,16-17H,3,5,7-8,11-15H2,1-2H3,(H,24,27). The molecule has 1 heterocycles. The summed E-state index contributed by atoms with van der Waals surface area (Å²) < 4.78 is 4.90. The van der Waals surface area contributed by atoms with Crippen LogP contribution < -0.4 is 5.32 Å². The molecule has 28 heavy (non-hydrogen) atoms. The van der Waals surface area contributed by atoms with E-state index in [9.17, 15) is 9.59 Å². The Hall–Kier alpha value is -2.19. The molecule has 0 radical (unpaired) electrons. The molecule has 1 aliphatic rings. The Morgan fingerprint density at radius 3 is 2.68 bits per heavy atom. The molecule has 1 fully saturated rings. The van der Waals surface area contributed by atoms with E-state index in [1.54, 1.807) is 25.1 Å². The smallest absolute Gasteiger partial charge is 0.412 e. The van der Waals surface area contributed by atoms with Crippen molar-refractivity contribution in [1.29, 1.82) is 0 Å². The van der Waals surface area contributed by atoms with Gasteiger partial charge in [0.05, 0.1) is 10.6 Å². The number of piperidine rings is 1. The van der Waals surface area contributed by atoms with E-state index in [1.165, 1.54) is 25.7 Å². The van der Waals surface area contributed by atoms with Crippen LogP contribution in [0, 0.1) is 17.8 Å². The third-order valence-electron chi connectivity index (χ3n) is 5.02. The van der Waals surface area contributed by atoms with E-state index in [0.717, 1.165) is 31.8 Å². The van der Waals surface area contributed by atoms with Crippen LogP contribution in [-0.2, 0) is 4.74 Å². The van der Waals surface area contributed by atoms with Crippen LogP contribution in [0.25, 0.3) is 0 Å². The first-order chi connectivity index (χ1) is 13.5. The molecule has 0 bridgehead atoms. The number of benzene rings is 1. The third-order valence-corrected chi connectivity index (χ3v) is 5.33. The first kappa shape index (κ1) is 22.1. The molecule has 2 rings (SSSR count). The number of nitrogens with zero attached hydrogens (tertiary/aromatic N) is 1. The van der Waals surface area contributed by atoms with E-state index in [2.05, 4.69) is 24.1 Å². The highest BCUT2D eigenvalue weighted by Crippen LogP contribution is 2.27. The molecule has 1 saturated heterocycles. The monoisotopic (exact) mass is 404 g/mol. The number of ether oxygens (including phenoxy) is 1. The van der Waals surface area contributed by atoms with Crippen molar-refractivity contribution in [3.63, 3.8) is 0 Å². The summed E-state index contributed by atoms with van der Waals surface area (Å²) >= 11 is 6.30. The van der Waals surface area contributed by atoms with Crippen LogP contribution in [0.5, 0.6) is 0 Å². The molecule has 152 valence electrons. The first-order valence-corrected chi connectivity index (χ1v) is 10.3. The molecule has 0 unspecified atom stereocenters. The molecule has 6 heteroatoms. The maximum absolute atomic E-state index is 12.8. The lowest BCUT2D eigenvalue weighted by molar-refractivity contribution is 0.0686. The number of hydrogen-bond acceptors (Lipinski definition) is 3. The molecule has 0 aliphatic carbocycles. The molecule has 2 amide bonds. The zero-order chi connectivity index (χ0) is 20.4. The van der Waals surface area contributed by atoms with Gasteiger partial charge < -0.3 is 9.64 Å². The van der Waals surface area contributed by atoms with Gasteiger partial charge in [-0.05, 0) is 43.9 Å². The Morgan fingerprint density at radius 2 is 2.04 bits per heavy atom. The number of halogens is 1. The van der Waals surface area contributed by atoms with Gasteiger partial charge in [-0.25, -0.2) is 4.79 Å². The summed E-state index contributed by atoms with van der Waals surface area (Å²) in [6.45, 7) is 5.47. The molecular formula is C22H29ClN2O3. The maximum Gasteiger partial charge on any atom is 0.412 e. The first-order valence-electron chi connectivity index (χ1n) is 9.97. The summed E-state index contributed by atoms with van der Waals surface area (Å²) in [5.41, 5.74) is 0.938. The van der Waals surface area contributed by atoms with Crippen LogP contribution in [-0.4, -0.2) is 36.6 Å². The van der Waals surface area contributed by atoms with E-state index in [1.807, 2.05) is 4.90 Å². The fraction of sp³-hybridized carbons (Fsp3) is 0.545. The number of hydrogen-bond donors (Lipinski definition) is 1. The zero-order valence-corrected chi connectivity index (χ0v) is 17.5. The summed E-state index contributed by atoms with van der Waals surface area (Å²) in [6.07, 6.45) is 6.57. The average molecular weight is 405 g/mol. The number of carbonyl (C=O) groups excluding carboxylic acids is 2. The van der Waals surface area contributed by atoms with E-state index in [-0.39, 0.29) is 12.5 Å². The van der Waals surface area contributed by atoms with Gasteiger partial charge in [0.2, 0.25) is 0 Å². The van der Waals surface area contributed by atoms with Crippen LogP contribution in [0.2, 0.25) is 5.02 Å². The lowest BCUT2D eigenvalue weighted by Gasteiger charge is -2.32. The number of likely N-dealkylation sites (tertiary alicyclic amines) is 1. The van der Waals surface area contributed by atoms with Crippen molar-refractivity contribution < 1.29 is 14.3 Å². The average Bonchev–Trinajstić information content (AvgIpc) is 2.68. The van der Waals surface area contributed by atoms with Crippen molar-refractivity contribution in [1.82, 2.24) is 4.90 Å². The lowest BCUT2D eigenvalue weighted by Crippen LogP contribution is -2.38. The predicted octanol–water partition coefficient (Wildman–Crippen LogP) is 5.34. The molecule has 0 atom stereocenters. The van der Waals surface area contributed by atoms with Gasteiger partial charge in [0.25, 0.3) is 5.91 Å². The number of anilines is 1. The van der Waals surface area contributed by atoms with Crippen LogP contribution in [0.15, 0.2) is 18.2 Å². The van der Waals surface area contributed by atoms with Crippen molar-refractivity contribution in [2.75, 3.05) is 25.0 Å². The highest BCUT2D eigenvalue weighted by Gasteiger charge is 2.24. The summed E-state index contributed by atoms with van der Waals surface area (Å²) in [7, 11) is 0. The molecule has 1 aromatic rings. The normalized spacial score (nSPS) is 14.2. The second-order valence-electron chi connectivity index (χ2n) is 7.05. The highest BCUT2D eigenvalue weighted by atomic mass is 35.5. The molecule has 1 N–H and O–H groups in total. The number of nitrogens with one attached hydrogen (secondary N) is 1. The third kappa shape index (κ3) is 6.76. The van der Waals surface area contributed by atoms with Crippen molar-refractivity contribution in [2.24, 2.45) is 5.92 Å². The Morgan fingerprint density at radius 1 is 1.29 bits per heavy atom. The summed E-state index contributed by atoms with van der Waals surface area (Å²) in [5.74, 6) is 5.96. The minimum absolute atomic E-state index is 0.0288. The van der Waals surface area contributed by atoms with Gasteiger partial charge in [0, 0.05) is 18.8 Å². The van der Waals surface area contributed by atoms with Crippen molar-refractivity contribution in [2.45, 2.75) is 52.4 Å². The highest BCUT2D eigenvalue weighted by molar-refractivity contribution is 6.34. The van der Waals surface area contributed by atoms with E-state index >= 15 is 0 Å².